The van der Waals surface area contributed by atoms with E-state index < -0.39 is 0 Å². The van der Waals surface area contributed by atoms with Crippen molar-refractivity contribution in [2.45, 2.75) is 20.3 Å². The van der Waals surface area contributed by atoms with E-state index in [1.807, 2.05) is 18.2 Å². The lowest BCUT2D eigenvalue weighted by Gasteiger charge is -2.04. The molecule has 1 aliphatic heterocycles. The third kappa shape index (κ3) is 4.02. The fraction of sp³-hybridized carbons (Fsp3) is 0.400. The smallest absolute Gasteiger partial charge is 0.243 e. The van der Waals surface area contributed by atoms with Crippen molar-refractivity contribution in [2.75, 3.05) is 13.3 Å². The van der Waals surface area contributed by atoms with E-state index in [2.05, 4.69) is 19.2 Å². The lowest BCUT2D eigenvalue weighted by Crippen LogP contribution is -2.23. The van der Waals surface area contributed by atoms with Gasteiger partial charge < -0.3 is 14.8 Å². The number of hydrogen-bond acceptors (Lipinski definition) is 3. The highest BCUT2D eigenvalue weighted by Crippen LogP contribution is 2.32. The first-order valence-electron chi connectivity index (χ1n) is 6.50. The minimum atomic E-state index is -0.0710. The minimum absolute atomic E-state index is 0.0710. The van der Waals surface area contributed by atoms with Gasteiger partial charge in [0.05, 0.1) is 0 Å². The van der Waals surface area contributed by atoms with E-state index in [-0.39, 0.29) is 12.7 Å². The van der Waals surface area contributed by atoms with Crippen molar-refractivity contribution < 1.29 is 14.3 Å². The molecule has 19 heavy (non-hydrogen) atoms. The number of hydrogen-bond donors (Lipinski definition) is 1. The maximum atomic E-state index is 11.6. The second-order valence-electron chi connectivity index (χ2n) is 4.92. The number of ether oxygens (including phenoxy) is 2. The summed E-state index contributed by atoms with van der Waals surface area (Å²) in [7, 11) is 0. The Balaban J connectivity index is 1.86. The van der Waals surface area contributed by atoms with Gasteiger partial charge >= 0.3 is 0 Å². The van der Waals surface area contributed by atoms with Crippen molar-refractivity contribution in [1.29, 1.82) is 0 Å². The lowest BCUT2D eigenvalue weighted by atomic mass is 10.1. The van der Waals surface area contributed by atoms with Crippen LogP contribution in [-0.2, 0) is 4.79 Å². The van der Waals surface area contributed by atoms with Gasteiger partial charge in [-0.05, 0) is 36.1 Å². The molecule has 0 aromatic heterocycles. The van der Waals surface area contributed by atoms with Crippen LogP contribution in [0.5, 0.6) is 11.5 Å². The quantitative estimate of drug-likeness (QED) is 0.829. The number of rotatable bonds is 5. The van der Waals surface area contributed by atoms with Crippen LogP contribution >= 0.6 is 0 Å². The standard InChI is InChI=1S/C15H19NO3/c1-11(2)7-8-16-15(17)6-4-12-3-5-13-14(9-12)19-10-18-13/h3-6,9,11H,7-8,10H2,1-2H3,(H,16,17)/b6-4+. The molecule has 1 aromatic rings. The molecule has 4 nitrogen and oxygen atoms in total. The van der Waals surface area contributed by atoms with Crippen LogP contribution in [0.2, 0.25) is 0 Å². The van der Waals surface area contributed by atoms with Gasteiger partial charge in [0.25, 0.3) is 0 Å². The highest BCUT2D eigenvalue weighted by Gasteiger charge is 2.12. The Hall–Kier alpha value is -1.97. The van der Waals surface area contributed by atoms with Crippen molar-refractivity contribution in [1.82, 2.24) is 5.32 Å². The van der Waals surface area contributed by atoms with E-state index in [0.717, 1.165) is 23.5 Å². The Kier molecular flexibility index (Phi) is 4.44. The second kappa shape index (κ2) is 6.27. The lowest BCUT2D eigenvalue weighted by molar-refractivity contribution is -0.116. The van der Waals surface area contributed by atoms with Crippen LogP contribution in [0.3, 0.4) is 0 Å². The van der Waals surface area contributed by atoms with Crippen LogP contribution in [0.15, 0.2) is 24.3 Å². The minimum Gasteiger partial charge on any atom is -0.454 e. The molecule has 0 saturated heterocycles. The summed E-state index contributed by atoms with van der Waals surface area (Å²) in [5, 5.41) is 2.85. The van der Waals surface area contributed by atoms with Gasteiger partial charge in [0.1, 0.15) is 0 Å². The third-order valence-electron chi connectivity index (χ3n) is 2.84. The monoisotopic (exact) mass is 261 g/mol. The van der Waals surface area contributed by atoms with Gasteiger partial charge in [-0.2, -0.15) is 0 Å². The van der Waals surface area contributed by atoms with Crippen molar-refractivity contribution >= 4 is 12.0 Å². The first kappa shape index (κ1) is 13.5. The van der Waals surface area contributed by atoms with Crippen LogP contribution in [0.25, 0.3) is 6.08 Å². The Morgan fingerprint density at radius 1 is 1.37 bits per heavy atom. The molecule has 0 saturated carbocycles. The Morgan fingerprint density at radius 2 is 2.16 bits per heavy atom. The van der Waals surface area contributed by atoms with Gasteiger partial charge in [-0.1, -0.05) is 19.9 Å². The predicted molar refractivity (Wildman–Crippen MR) is 74.1 cm³/mol. The van der Waals surface area contributed by atoms with Gasteiger partial charge in [-0.15, -0.1) is 0 Å². The fourth-order valence-electron chi connectivity index (χ4n) is 1.73. The molecule has 0 fully saturated rings. The molecule has 1 heterocycles. The SMILES string of the molecule is CC(C)CCNC(=O)/C=C/c1ccc2c(c1)OCO2. The highest BCUT2D eigenvalue weighted by atomic mass is 16.7. The second-order valence-corrected chi connectivity index (χ2v) is 4.92. The van der Waals surface area contributed by atoms with Crippen LogP contribution in [0.4, 0.5) is 0 Å². The fourth-order valence-corrected chi connectivity index (χ4v) is 1.73. The van der Waals surface area contributed by atoms with Crippen LogP contribution in [-0.4, -0.2) is 19.2 Å². The maximum absolute atomic E-state index is 11.6. The highest BCUT2D eigenvalue weighted by molar-refractivity contribution is 5.91. The Labute approximate surface area is 113 Å². The summed E-state index contributed by atoms with van der Waals surface area (Å²) in [5.41, 5.74) is 0.920. The van der Waals surface area contributed by atoms with Crippen LogP contribution in [0, 0.1) is 5.92 Å². The molecule has 0 bridgehead atoms. The molecule has 1 N–H and O–H groups in total. The third-order valence-corrected chi connectivity index (χ3v) is 2.84. The molecule has 1 aromatic carbocycles. The van der Waals surface area contributed by atoms with Gasteiger partial charge in [0, 0.05) is 12.6 Å². The van der Waals surface area contributed by atoms with Crippen molar-refractivity contribution in [3.63, 3.8) is 0 Å². The molecule has 0 aliphatic carbocycles. The molecular formula is C15H19NO3. The topological polar surface area (TPSA) is 47.6 Å². The molecular weight excluding hydrogens is 242 g/mol. The number of benzene rings is 1. The van der Waals surface area contributed by atoms with Crippen LogP contribution < -0.4 is 14.8 Å². The molecule has 1 aliphatic rings. The molecule has 2 rings (SSSR count). The summed E-state index contributed by atoms with van der Waals surface area (Å²) < 4.78 is 10.5. The number of carbonyl (C=O) groups excluding carboxylic acids is 1. The average Bonchev–Trinajstić information content (AvgIpc) is 2.83. The maximum Gasteiger partial charge on any atom is 0.243 e. The van der Waals surface area contributed by atoms with E-state index in [1.165, 1.54) is 6.08 Å². The average molecular weight is 261 g/mol. The van der Waals surface area contributed by atoms with Gasteiger partial charge in [0.2, 0.25) is 12.7 Å². The normalized spacial score (nSPS) is 13.2. The van der Waals surface area contributed by atoms with Crippen molar-refractivity contribution in [3.8, 4) is 11.5 Å². The van der Waals surface area contributed by atoms with E-state index in [0.29, 0.717) is 12.5 Å². The number of nitrogens with one attached hydrogen (secondary N) is 1. The number of carbonyl (C=O) groups is 1. The molecule has 0 spiro atoms. The van der Waals surface area contributed by atoms with E-state index in [9.17, 15) is 4.79 Å². The predicted octanol–water partition coefficient (Wildman–Crippen LogP) is 2.59. The Bertz CT molecular complexity index is 480. The first-order valence-corrected chi connectivity index (χ1v) is 6.50. The first-order chi connectivity index (χ1) is 9.15. The van der Waals surface area contributed by atoms with E-state index in [4.69, 9.17) is 9.47 Å². The molecule has 4 heteroatoms. The molecule has 1 amide bonds. The zero-order chi connectivity index (χ0) is 13.7. The largest absolute Gasteiger partial charge is 0.454 e. The Morgan fingerprint density at radius 3 is 2.95 bits per heavy atom. The van der Waals surface area contributed by atoms with Crippen molar-refractivity contribution in [2.24, 2.45) is 5.92 Å². The summed E-state index contributed by atoms with van der Waals surface area (Å²) >= 11 is 0. The zero-order valence-corrected chi connectivity index (χ0v) is 11.3. The summed E-state index contributed by atoms with van der Waals surface area (Å²) in [6, 6.07) is 5.60. The van der Waals surface area contributed by atoms with Gasteiger partial charge in [-0.25, -0.2) is 0 Å². The van der Waals surface area contributed by atoms with E-state index in [1.54, 1.807) is 6.08 Å². The summed E-state index contributed by atoms with van der Waals surface area (Å²) in [4.78, 5) is 11.6. The molecule has 102 valence electrons. The zero-order valence-electron chi connectivity index (χ0n) is 11.3. The van der Waals surface area contributed by atoms with Crippen LogP contribution in [0.1, 0.15) is 25.8 Å². The van der Waals surface area contributed by atoms with E-state index >= 15 is 0 Å². The van der Waals surface area contributed by atoms with Crippen molar-refractivity contribution in [3.05, 3.63) is 29.8 Å². The van der Waals surface area contributed by atoms with Gasteiger partial charge in [-0.3, -0.25) is 4.79 Å². The molecule has 0 radical (unpaired) electrons. The summed E-state index contributed by atoms with van der Waals surface area (Å²) in [5.74, 6) is 2.00. The molecule has 0 atom stereocenters. The van der Waals surface area contributed by atoms with Gasteiger partial charge in [0.15, 0.2) is 11.5 Å². The number of fused-ring (bicyclic) bond motifs is 1. The molecule has 0 unspecified atom stereocenters. The summed E-state index contributed by atoms with van der Waals surface area (Å²) in [6.07, 6.45) is 4.30. The number of amides is 1. The summed E-state index contributed by atoms with van der Waals surface area (Å²) in [6.45, 7) is 5.24.